The van der Waals surface area contributed by atoms with Gasteiger partial charge in [-0.15, -0.1) is 35.3 Å². The molecule has 31 heavy (non-hydrogen) atoms. The fraction of sp³-hybridized carbons (Fsp3) is 0.714. The van der Waals surface area contributed by atoms with Gasteiger partial charge in [0.2, 0.25) is 5.91 Å². The largest absolute Gasteiger partial charge is 0.376 e. The first kappa shape index (κ1) is 26.3. The maximum absolute atomic E-state index is 12.0. The maximum atomic E-state index is 12.0. The van der Waals surface area contributed by atoms with Crippen molar-refractivity contribution in [2.24, 2.45) is 4.99 Å². The summed E-state index contributed by atoms with van der Waals surface area (Å²) in [7, 11) is 3.49. The summed E-state index contributed by atoms with van der Waals surface area (Å²) in [6.45, 7) is 7.02. The van der Waals surface area contributed by atoms with Crippen molar-refractivity contribution in [2.75, 3.05) is 60.0 Å². The van der Waals surface area contributed by atoms with Crippen molar-refractivity contribution in [2.45, 2.75) is 38.0 Å². The van der Waals surface area contributed by atoms with E-state index < -0.39 is 0 Å². The quantitative estimate of drug-likeness (QED) is 0.285. The van der Waals surface area contributed by atoms with Crippen LogP contribution in [0.4, 0.5) is 0 Å². The lowest BCUT2D eigenvalue weighted by molar-refractivity contribution is -0.127. The van der Waals surface area contributed by atoms with Gasteiger partial charge in [0.15, 0.2) is 5.96 Å². The Balaban J connectivity index is 0.00000341. The molecule has 2 saturated heterocycles. The van der Waals surface area contributed by atoms with Crippen LogP contribution in [0, 0.1) is 0 Å². The number of nitrogens with one attached hydrogen (secondary N) is 2. The van der Waals surface area contributed by atoms with Crippen LogP contribution >= 0.6 is 35.3 Å². The lowest BCUT2D eigenvalue weighted by Gasteiger charge is -2.37. The SMILES string of the molecule is CC1CN(C(CNC(=NCC(=O)N(C)C)NCC2CCCO2)c2cccs2)CCO1.I. The third-order valence-electron chi connectivity index (χ3n) is 5.44. The molecule has 2 aliphatic rings. The number of aliphatic imine (C=N–C) groups is 1. The van der Waals surface area contributed by atoms with Crippen molar-refractivity contribution in [3.05, 3.63) is 22.4 Å². The van der Waals surface area contributed by atoms with Crippen molar-refractivity contribution in [3.8, 4) is 0 Å². The molecule has 2 N–H and O–H groups in total. The van der Waals surface area contributed by atoms with Gasteiger partial charge in [0.1, 0.15) is 6.54 Å². The molecule has 8 nitrogen and oxygen atoms in total. The van der Waals surface area contributed by atoms with E-state index in [4.69, 9.17) is 9.47 Å². The van der Waals surface area contributed by atoms with Gasteiger partial charge < -0.3 is 25.0 Å². The highest BCUT2D eigenvalue weighted by molar-refractivity contribution is 14.0. The van der Waals surface area contributed by atoms with Crippen LogP contribution < -0.4 is 10.6 Å². The van der Waals surface area contributed by atoms with Crippen molar-refractivity contribution in [1.82, 2.24) is 20.4 Å². The molecule has 3 unspecified atom stereocenters. The van der Waals surface area contributed by atoms with Crippen molar-refractivity contribution in [3.63, 3.8) is 0 Å². The van der Waals surface area contributed by atoms with Crippen molar-refractivity contribution in [1.29, 1.82) is 0 Å². The first-order valence-corrected chi connectivity index (χ1v) is 11.6. The number of hydrogen-bond donors (Lipinski definition) is 2. The Kier molecular flexibility index (Phi) is 11.5. The Hall–Kier alpha value is -0.950. The monoisotopic (exact) mass is 565 g/mol. The molecule has 2 fully saturated rings. The zero-order valence-electron chi connectivity index (χ0n) is 18.7. The van der Waals surface area contributed by atoms with Crippen LogP contribution in [0.1, 0.15) is 30.7 Å². The number of nitrogens with zero attached hydrogens (tertiary/aromatic N) is 3. The molecular weight excluding hydrogens is 529 g/mol. The maximum Gasteiger partial charge on any atom is 0.243 e. The van der Waals surface area contributed by atoms with Crippen molar-refractivity contribution < 1.29 is 14.3 Å². The molecule has 0 aromatic carbocycles. The Morgan fingerprint density at radius 2 is 2.19 bits per heavy atom. The van der Waals surface area contributed by atoms with E-state index >= 15 is 0 Å². The van der Waals surface area contributed by atoms with E-state index in [1.165, 1.54) is 4.88 Å². The first-order chi connectivity index (χ1) is 14.5. The van der Waals surface area contributed by atoms with Gasteiger partial charge in [-0.05, 0) is 31.2 Å². The highest BCUT2D eigenvalue weighted by atomic mass is 127. The number of carbonyl (C=O) groups is 1. The first-order valence-electron chi connectivity index (χ1n) is 10.8. The average molecular weight is 566 g/mol. The molecule has 0 radical (unpaired) electrons. The molecule has 1 aromatic heterocycles. The molecule has 176 valence electrons. The van der Waals surface area contributed by atoms with Gasteiger partial charge in [0, 0.05) is 51.8 Å². The Morgan fingerprint density at radius 1 is 1.35 bits per heavy atom. The van der Waals surface area contributed by atoms with Gasteiger partial charge in [0.05, 0.1) is 24.9 Å². The molecule has 3 rings (SSSR count). The molecule has 10 heteroatoms. The van der Waals surface area contributed by atoms with Crippen LogP contribution in [-0.2, 0) is 14.3 Å². The van der Waals surface area contributed by atoms with Gasteiger partial charge in [0.25, 0.3) is 0 Å². The van der Waals surface area contributed by atoms with E-state index in [1.54, 1.807) is 30.3 Å². The number of amides is 1. The molecule has 0 aliphatic carbocycles. The second kappa shape index (κ2) is 13.6. The third kappa shape index (κ3) is 8.49. The predicted octanol–water partition coefficient (Wildman–Crippen LogP) is 1.93. The minimum absolute atomic E-state index is 0. The summed E-state index contributed by atoms with van der Waals surface area (Å²) in [6.07, 6.45) is 2.58. The van der Waals surface area contributed by atoms with Crippen LogP contribution in [0.5, 0.6) is 0 Å². The summed E-state index contributed by atoms with van der Waals surface area (Å²) in [5, 5.41) is 8.96. The molecule has 1 amide bonds. The number of thiophene rings is 1. The molecule has 3 heterocycles. The fourth-order valence-electron chi connectivity index (χ4n) is 3.69. The van der Waals surface area contributed by atoms with Gasteiger partial charge >= 0.3 is 0 Å². The van der Waals surface area contributed by atoms with Gasteiger partial charge in [-0.25, -0.2) is 4.99 Å². The number of likely N-dealkylation sites (N-methyl/N-ethyl adjacent to an activating group) is 1. The summed E-state index contributed by atoms with van der Waals surface area (Å²) < 4.78 is 11.5. The summed E-state index contributed by atoms with van der Waals surface area (Å²) in [4.78, 5) is 21.9. The minimum Gasteiger partial charge on any atom is -0.376 e. The number of morpholine rings is 1. The number of ether oxygens (including phenoxy) is 2. The highest BCUT2D eigenvalue weighted by Crippen LogP contribution is 2.26. The second-order valence-corrected chi connectivity index (χ2v) is 9.04. The standard InChI is InChI=1S/C21H35N5O3S.HI/c1-16-15-26(8-10-28-16)18(19-7-5-11-30-19)13-23-21(24-14-20(27)25(2)3)22-12-17-6-4-9-29-17;/h5,7,11,16-18H,4,6,8-10,12-15H2,1-3H3,(H2,22,23,24);1H. The minimum atomic E-state index is -0.0231. The zero-order valence-corrected chi connectivity index (χ0v) is 21.9. The zero-order chi connectivity index (χ0) is 21.3. The van der Waals surface area contributed by atoms with Gasteiger partial charge in [-0.1, -0.05) is 6.07 Å². The molecule has 1 aromatic rings. The summed E-state index contributed by atoms with van der Waals surface area (Å²) in [6, 6.07) is 4.51. The molecular formula is C21H36IN5O3S. The Labute approximate surface area is 206 Å². The highest BCUT2D eigenvalue weighted by Gasteiger charge is 2.26. The molecule has 0 spiro atoms. The number of rotatable bonds is 8. The van der Waals surface area contributed by atoms with Crippen LogP contribution in [0.15, 0.2) is 22.5 Å². The predicted molar refractivity (Wildman–Crippen MR) is 135 cm³/mol. The van der Waals surface area contributed by atoms with E-state index in [1.807, 2.05) is 0 Å². The Morgan fingerprint density at radius 3 is 2.84 bits per heavy atom. The van der Waals surface area contributed by atoms with Crippen LogP contribution in [0.25, 0.3) is 0 Å². The number of carbonyl (C=O) groups excluding carboxylic acids is 1. The fourth-order valence-corrected chi connectivity index (χ4v) is 4.55. The summed E-state index contributed by atoms with van der Waals surface area (Å²) in [5.74, 6) is 0.633. The topological polar surface area (TPSA) is 78.4 Å². The van der Waals surface area contributed by atoms with Crippen molar-refractivity contribution >= 4 is 47.2 Å². The number of hydrogen-bond acceptors (Lipinski definition) is 6. The van der Waals surface area contributed by atoms with Crippen LogP contribution in [-0.4, -0.2) is 93.9 Å². The number of halogens is 1. The smallest absolute Gasteiger partial charge is 0.243 e. The van der Waals surface area contributed by atoms with E-state index in [0.717, 1.165) is 39.1 Å². The molecule has 0 saturated carbocycles. The van der Waals surface area contributed by atoms with E-state index in [2.05, 4.69) is 45.0 Å². The molecule has 2 aliphatic heterocycles. The summed E-state index contributed by atoms with van der Waals surface area (Å²) >= 11 is 1.77. The normalized spacial score (nSPS) is 23.1. The average Bonchev–Trinajstić information content (AvgIpc) is 3.43. The third-order valence-corrected chi connectivity index (χ3v) is 6.41. The molecule has 3 atom stereocenters. The van der Waals surface area contributed by atoms with E-state index in [-0.39, 0.29) is 54.7 Å². The lowest BCUT2D eigenvalue weighted by atomic mass is 10.1. The van der Waals surface area contributed by atoms with Gasteiger partial charge in [-0.3, -0.25) is 9.69 Å². The Bertz CT molecular complexity index is 683. The molecule has 0 bridgehead atoms. The lowest BCUT2D eigenvalue weighted by Crippen LogP contribution is -2.49. The van der Waals surface area contributed by atoms with Crippen LogP contribution in [0.3, 0.4) is 0 Å². The van der Waals surface area contributed by atoms with E-state index in [0.29, 0.717) is 19.0 Å². The second-order valence-electron chi connectivity index (χ2n) is 8.06. The van der Waals surface area contributed by atoms with Crippen LogP contribution in [0.2, 0.25) is 0 Å². The number of guanidine groups is 1. The van der Waals surface area contributed by atoms with E-state index in [9.17, 15) is 4.79 Å². The van der Waals surface area contributed by atoms with Gasteiger partial charge in [-0.2, -0.15) is 0 Å². The summed E-state index contributed by atoms with van der Waals surface area (Å²) in [5.41, 5.74) is 0.